The Morgan fingerprint density at radius 3 is 2.45 bits per heavy atom. The van der Waals surface area contributed by atoms with E-state index in [9.17, 15) is 0 Å². The Morgan fingerprint density at radius 2 is 1.83 bits per heavy atom. The molecule has 162 valence electrons. The second-order valence-corrected chi connectivity index (χ2v) is 7.66. The minimum atomic E-state index is 0. The van der Waals surface area contributed by atoms with Gasteiger partial charge in [0.05, 0.1) is 6.54 Å². The standard InChI is InChI=1S/C22H36N6.HI/c1-18(2)28(19(3)4)14-7-11-24-22(23-5)25-16-20-9-6-10-21(15-20)17-27-13-8-12-26-27;/h6,8-10,12-13,15,18-19H,7,11,14,16-17H2,1-5H3,(H2,23,24,25);1H. The molecule has 7 heteroatoms. The molecule has 0 amide bonds. The van der Waals surface area contributed by atoms with Crippen molar-refractivity contribution in [3.8, 4) is 0 Å². The van der Waals surface area contributed by atoms with E-state index in [0.29, 0.717) is 12.1 Å². The molecule has 0 spiro atoms. The molecule has 0 saturated heterocycles. The van der Waals surface area contributed by atoms with E-state index in [1.807, 2.05) is 30.2 Å². The average molecular weight is 512 g/mol. The topological polar surface area (TPSA) is 57.5 Å². The number of aliphatic imine (C=N–C) groups is 1. The first kappa shape index (κ1) is 25.4. The summed E-state index contributed by atoms with van der Waals surface area (Å²) in [4.78, 5) is 6.86. The van der Waals surface area contributed by atoms with Crippen LogP contribution in [-0.2, 0) is 13.1 Å². The lowest BCUT2D eigenvalue weighted by molar-refractivity contribution is 0.173. The molecule has 0 aliphatic carbocycles. The predicted molar refractivity (Wildman–Crippen MR) is 133 cm³/mol. The van der Waals surface area contributed by atoms with Crippen LogP contribution in [0.25, 0.3) is 0 Å². The summed E-state index contributed by atoms with van der Waals surface area (Å²) in [6.45, 7) is 12.6. The molecule has 0 radical (unpaired) electrons. The van der Waals surface area contributed by atoms with E-state index in [1.54, 1.807) is 0 Å². The minimum Gasteiger partial charge on any atom is -0.356 e. The van der Waals surface area contributed by atoms with E-state index in [1.165, 1.54) is 11.1 Å². The van der Waals surface area contributed by atoms with Crippen LogP contribution in [0.1, 0.15) is 45.2 Å². The molecule has 2 rings (SSSR count). The van der Waals surface area contributed by atoms with Crippen LogP contribution in [0.5, 0.6) is 0 Å². The molecule has 6 nitrogen and oxygen atoms in total. The third kappa shape index (κ3) is 9.16. The fourth-order valence-corrected chi connectivity index (χ4v) is 3.41. The van der Waals surface area contributed by atoms with Gasteiger partial charge in [0.1, 0.15) is 0 Å². The third-order valence-electron chi connectivity index (χ3n) is 4.79. The molecule has 0 aliphatic rings. The van der Waals surface area contributed by atoms with Crippen molar-refractivity contribution in [3.63, 3.8) is 0 Å². The van der Waals surface area contributed by atoms with E-state index in [-0.39, 0.29) is 24.0 Å². The summed E-state index contributed by atoms with van der Waals surface area (Å²) >= 11 is 0. The Balaban J connectivity index is 0.00000420. The summed E-state index contributed by atoms with van der Waals surface area (Å²) in [6, 6.07) is 11.7. The molecule has 1 heterocycles. The van der Waals surface area contributed by atoms with Crippen molar-refractivity contribution in [2.24, 2.45) is 4.99 Å². The van der Waals surface area contributed by atoms with Gasteiger partial charge < -0.3 is 10.6 Å². The van der Waals surface area contributed by atoms with Crippen LogP contribution < -0.4 is 10.6 Å². The van der Waals surface area contributed by atoms with Gasteiger partial charge in [-0.2, -0.15) is 5.10 Å². The number of aromatic nitrogens is 2. The fourth-order valence-electron chi connectivity index (χ4n) is 3.41. The molecular weight excluding hydrogens is 475 g/mol. The highest BCUT2D eigenvalue weighted by Gasteiger charge is 2.12. The lowest BCUT2D eigenvalue weighted by Crippen LogP contribution is -2.41. The van der Waals surface area contributed by atoms with Gasteiger partial charge in [-0.1, -0.05) is 24.3 Å². The summed E-state index contributed by atoms with van der Waals surface area (Å²) in [6.07, 6.45) is 4.88. The molecular formula is C22H37IN6. The molecule has 0 fully saturated rings. The van der Waals surface area contributed by atoms with Gasteiger partial charge in [0.2, 0.25) is 0 Å². The van der Waals surface area contributed by atoms with Gasteiger partial charge in [-0.15, -0.1) is 24.0 Å². The van der Waals surface area contributed by atoms with E-state index < -0.39 is 0 Å². The van der Waals surface area contributed by atoms with Crippen LogP contribution >= 0.6 is 24.0 Å². The van der Waals surface area contributed by atoms with Gasteiger partial charge in [-0.3, -0.25) is 14.6 Å². The van der Waals surface area contributed by atoms with Crippen molar-refractivity contribution in [1.29, 1.82) is 0 Å². The third-order valence-corrected chi connectivity index (χ3v) is 4.79. The van der Waals surface area contributed by atoms with Gasteiger partial charge in [0.25, 0.3) is 0 Å². The zero-order chi connectivity index (χ0) is 20.4. The molecule has 0 aliphatic heterocycles. The molecule has 0 bridgehead atoms. The van der Waals surface area contributed by atoms with Crippen molar-refractivity contribution in [1.82, 2.24) is 25.3 Å². The second kappa shape index (κ2) is 13.6. The van der Waals surface area contributed by atoms with E-state index in [4.69, 9.17) is 0 Å². The van der Waals surface area contributed by atoms with Gasteiger partial charge in [0, 0.05) is 51.2 Å². The number of rotatable bonds is 10. The van der Waals surface area contributed by atoms with E-state index in [2.05, 4.69) is 77.6 Å². The Morgan fingerprint density at radius 1 is 1.10 bits per heavy atom. The molecule has 0 saturated carbocycles. The maximum absolute atomic E-state index is 4.34. The number of hydrogen-bond acceptors (Lipinski definition) is 3. The highest BCUT2D eigenvalue weighted by Crippen LogP contribution is 2.07. The molecule has 2 N–H and O–H groups in total. The van der Waals surface area contributed by atoms with Crippen molar-refractivity contribution in [3.05, 3.63) is 53.9 Å². The quantitative estimate of drug-likeness (QED) is 0.221. The van der Waals surface area contributed by atoms with Crippen molar-refractivity contribution < 1.29 is 0 Å². The number of guanidine groups is 1. The van der Waals surface area contributed by atoms with Crippen LogP contribution in [-0.4, -0.2) is 52.9 Å². The van der Waals surface area contributed by atoms with Crippen LogP contribution in [0.15, 0.2) is 47.7 Å². The molecule has 2 aromatic rings. The highest BCUT2D eigenvalue weighted by molar-refractivity contribution is 14.0. The Labute approximate surface area is 193 Å². The maximum Gasteiger partial charge on any atom is 0.191 e. The predicted octanol–water partition coefficient (Wildman–Crippen LogP) is 3.72. The van der Waals surface area contributed by atoms with Crippen LogP contribution in [0, 0.1) is 0 Å². The van der Waals surface area contributed by atoms with Crippen LogP contribution in [0.2, 0.25) is 0 Å². The summed E-state index contributed by atoms with van der Waals surface area (Å²) in [5.74, 6) is 0.845. The molecule has 0 atom stereocenters. The summed E-state index contributed by atoms with van der Waals surface area (Å²) in [7, 11) is 1.82. The van der Waals surface area contributed by atoms with Crippen LogP contribution in [0.4, 0.5) is 0 Å². The van der Waals surface area contributed by atoms with Gasteiger partial charge in [0.15, 0.2) is 5.96 Å². The second-order valence-electron chi connectivity index (χ2n) is 7.66. The monoisotopic (exact) mass is 512 g/mol. The largest absolute Gasteiger partial charge is 0.356 e. The first-order valence-corrected chi connectivity index (χ1v) is 10.2. The fraction of sp³-hybridized carbons (Fsp3) is 0.545. The molecule has 29 heavy (non-hydrogen) atoms. The first-order chi connectivity index (χ1) is 13.5. The lowest BCUT2D eigenvalue weighted by atomic mass is 10.1. The van der Waals surface area contributed by atoms with E-state index in [0.717, 1.165) is 38.6 Å². The highest BCUT2D eigenvalue weighted by atomic mass is 127. The Hall–Kier alpha value is -1.61. The zero-order valence-corrected chi connectivity index (χ0v) is 20.8. The SMILES string of the molecule is CN=C(NCCCN(C(C)C)C(C)C)NCc1cccc(Cn2cccn2)c1.I. The van der Waals surface area contributed by atoms with E-state index >= 15 is 0 Å². The number of nitrogens with zero attached hydrogens (tertiary/aromatic N) is 4. The first-order valence-electron chi connectivity index (χ1n) is 10.2. The smallest absolute Gasteiger partial charge is 0.191 e. The molecule has 1 aromatic heterocycles. The van der Waals surface area contributed by atoms with Gasteiger partial charge >= 0.3 is 0 Å². The molecule has 0 unspecified atom stereocenters. The number of hydrogen-bond donors (Lipinski definition) is 2. The van der Waals surface area contributed by atoms with Crippen molar-refractivity contribution >= 4 is 29.9 Å². The maximum atomic E-state index is 4.34. The number of benzene rings is 1. The number of nitrogens with one attached hydrogen (secondary N) is 2. The van der Waals surface area contributed by atoms with Gasteiger partial charge in [-0.25, -0.2) is 0 Å². The Bertz CT molecular complexity index is 704. The zero-order valence-electron chi connectivity index (χ0n) is 18.4. The average Bonchev–Trinajstić information content (AvgIpc) is 3.16. The number of halogens is 1. The van der Waals surface area contributed by atoms with Crippen molar-refractivity contribution in [2.75, 3.05) is 20.1 Å². The van der Waals surface area contributed by atoms with Gasteiger partial charge in [-0.05, 0) is 51.3 Å². The summed E-state index contributed by atoms with van der Waals surface area (Å²) in [5, 5.41) is 11.1. The summed E-state index contributed by atoms with van der Waals surface area (Å²) < 4.78 is 1.94. The Kier molecular flexibility index (Phi) is 11.9. The summed E-state index contributed by atoms with van der Waals surface area (Å²) in [5.41, 5.74) is 2.48. The van der Waals surface area contributed by atoms with Crippen LogP contribution in [0.3, 0.4) is 0 Å². The minimum absolute atomic E-state index is 0. The normalized spacial score (nSPS) is 11.8. The molecule has 1 aromatic carbocycles. The lowest BCUT2D eigenvalue weighted by Gasteiger charge is -2.30. The van der Waals surface area contributed by atoms with Crippen molar-refractivity contribution in [2.45, 2.75) is 59.3 Å².